The molecule has 0 atom stereocenters. The van der Waals surface area contributed by atoms with E-state index in [4.69, 9.17) is 10.00 Å². The van der Waals surface area contributed by atoms with Crippen molar-refractivity contribution in [2.24, 2.45) is 0 Å². The summed E-state index contributed by atoms with van der Waals surface area (Å²) in [5.41, 5.74) is 1.15. The van der Waals surface area contributed by atoms with E-state index in [0.717, 1.165) is 25.9 Å². The highest BCUT2D eigenvalue weighted by molar-refractivity contribution is 5.94. The molecule has 5 nitrogen and oxygen atoms in total. The Labute approximate surface area is 128 Å². The number of carbonyl (C=O) groups excluding carboxylic acids is 1. The molecule has 0 radical (unpaired) electrons. The number of benzene rings is 1. The van der Waals surface area contributed by atoms with E-state index in [1.807, 2.05) is 11.0 Å². The van der Waals surface area contributed by atoms with Crippen LogP contribution in [0, 0.1) is 11.3 Å². The molecule has 1 saturated heterocycles. The second-order valence-electron chi connectivity index (χ2n) is 5.12. The van der Waals surface area contributed by atoms with Gasteiger partial charge in [-0.3, -0.25) is 4.79 Å². The third-order valence-corrected chi connectivity index (χ3v) is 3.58. The zero-order valence-electron chi connectivity index (χ0n) is 12.0. The van der Waals surface area contributed by atoms with Crippen LogP contribution in [0.5, 0.6) is 11.6 Å². The van der Waals surface area contributed by atoms with E-state index in [2.05, 4.69) is 4.98 Å². The summed E-state index contributed by atoms with van der Waals surface area (Å²) in [6.45, 7) is 1.68. The Morgan fingerprint density at radius 3 is 2.45 bits per heavy atom. The second kappa shape index (κ2) is 6.27. The highest BCUT2D eigenvalue weighted by atomic mass is 16.5. The number of amides is 1. The number of hydrogen-bond acceptors (Lipinski definition) is 4. The minimum Gasteiger partial charge on any atom is -0.439 e. The van der Waals surface area contributed by atoms with E-state index in [-0.39, 0.29) is 5.91 Å². The number of rotatable bonds is 3. The van der Waals surface area contributed by atoms with Crippen molar-refractivity contribution in [2.75, 3.05) is 13.1 Å². The molecule has 110 valence electrons. The molecule has 2 heterocycles. The summed E-state index contributed by atoms with van der Waals surface area (Å²) < 4.78 is 5.59. The van der Waals surface area contributed by atoms with Gasteiger partial charge in [-0.25, -0.2) is 4.98 Å². The lowest BCUT2D eigenvalue weighted by atomic mass is 10.2. The van der Waals surface area contributed by atoms with Crippen molar-refractivity contribution in [3.8, 4) is 17.7 Å². The number of pyridine rings is 1. The Bertz CT molecular complexity index is 696. The Morgan fingerprint density at radius 1 is 1.14 bits per heavy atom. The highest BCUT2D eigenvalue weighted by Crippen LogP contribution is 2.21. The standard InChI is InChI=1S/C17H15N3O2/c18-11-13-3-8-16(19-12-13)22-15-6-4-14(5-7-15)17(21)20-9-1-2-10-20/h3-8,12H,1-2,9-10H2. The van der Waals surface area contributed by atoms with Crippen LogP contribution in [-0.2, 0) is 0 Å². The van der Waals surface area contributed by atoms with Crippen LogP contribution >= 0.6 is 0 Å². The summed E-state index contributed by atoms with van der Waals surface area (Å²) in [6, 6.07) is 12.3. The molecule has 3 rings (SSSR count). The van der Waals surface area contributed by atoms with E-state index in [9.17, 15) is 4.79 Å². The fraction of sp³-hybridized carbons (Fsp3) is 0.235. The first kappa shape index (κ1) is 14.1. The second-order valence-corrected chi connectivity index (χ2v) is 5.12. The summed E-state index contributed by atoms with van der Waals surface area (Å²) in [6.07, 6.45) is 3.62. The Hall–Kier alpha value is -2.87. The van der Waals surface area contributed by atoms with Crippen molar-refractivity contribution in [2.45, 2.75) is 12.8 Å². The number of ether oxygens (including phenoxy) is 1. The molecule has 0 saturated carbocycles. The third kappa shape index (κ3) is 3.07. The van der Waals surface area contributed by atoms with Crippen molar-refractivity contribution in [1.82, 2.24) is 9.88 Å². The quantitative estimate of drug-likeness (QED) is 0.872. The van der Waals surface area contributed by atoms with Gasteiger partial charge in [0.2, 0.25) is 5.88 Å². The molecule has 1 aromatic heterocycles. The zero-order chi connectivity index (χ0) is 15.4. The van der Waals surface area contributed by atoms with Gasteiger partial charge in [-0.1, -0.05) is 0 Å². The van der Waals surface area contributed by atoms with Gasteiger partial charge < -0.3 is 9.64 Å². The van der Waals surface area contributed by atoms with Crippen molar-refractivity contribution < 1.29 is 9.53 Å². The molecule has 2 aromatic rings. The van der Waals surface area contributed by atoms with Crippen LogP contribution in [0.2, 0.25) is 0 Å². The number of hydrogen-bond donors (Lipinski definition) is 0. The van der Waals surface area contributed by atoms with Crippen molar-refractivity contribution in [3.05, 3.63) is 53.7 Å². The van der Waals surface area contributed by atoms with E-state index < -0.39 is 0 Å². The number of nitrogens with zero attached hydrogens (tertiary/aromatic N) is 3. The zero-order valence-corrected chi connectivity index (χ0v) is 12.0. The molecule has 22 heavy (non-hydrogen) atoms. The van der Waals surface area contributed by atoms with Crippen LogP contribution in [0.1, 0.15) is 28.8 Å². The molecular formula is C17H15N3O2. The van der Waals surface area contributed by atoms with E-state index in [1.165, 1.54) is 6.20 Å². The van der Waals surface area contributed by atoms with Gasteiger partial charge in [0.15, 0.2) is 0 Å². The van der Waals surface area contributed by atoms with Gasteiger partial charge in [-0.15, -0.1) is 0 Å². The Balaban J connectivity index is 1.68. The van der Waals surface area contributed by atoms with Crippen LogP contribution < -0.4 is 4.74 Å². The molecule has 1 fully saturated rings. The smallest absolute Gasteiger partial charge is 0.253 e. The lowest BCUT2D eigenvalue weighted by Gasteiger charge is -2.15. The molecule has 5 heteroatoms. The molecule has 1 aliphatic rings. The van der Waals surface area contributed by atoms with E-state index in [0.29, 0.717) is 22.8 Å². The van der Waals surface area contributed by atoms with Crippen molar-refractivity contribution in [3.63, 3.8) is 0 Å². The molecule has 0 unspecified atom stereocenters. The SMILES string of the molecule is N#Cc1ccc(Oc2ccc(C(=O)N3CCCC3)cc2)nc1. The minimum atomic E-state index is 0.0700. The monoisotopic (exact) mass is 293 g/mol. The van der Waals surface area contributed by atoms with Crippen LogP contribution in [-0.4, -0.2) is 28.9 Å². The Morgan fingerprint density at radius 2 is 1.86 bits per heavy atom. The molecular weight excluding hydrogens is 278 g/mol. The maximum Gasteiger partial charge on any atom is 0.253 e. The maximum absolute atomic E-state index is 12.2. The topological polar surface area (TPSA) is 66.2 Å². The number of likely N-dealkylation sites (tertiary alicyclic amines) is 1. The fourth-order valence-electron chi connectivity index (χ4n) is 2.40. The average Bonchev–Trinajstić information content (AvgIpc) is 3.10. The van der Waals surface area contributed by atoms with E-state index >= 15 is 0 Å². The predicted octanol–water partition coefficient (Wildman–Crippen LogP) is 2.98. The van der Waals surface area contributed by atoms with Crippen molar-refractivity contribution in [1.29, 1.82) is 5.26 Å². The minimum absolute atomic E-state index is 0.0700. The molecule has 1 aromatic carbocycles. The average molecular weight is 293 g/mol. The maximum atomic E-state index is 12.2. The van der Waals surface area contributed by atoms with Crippen LogP contribution in [0.25, 0.3) is 0 Å². The first-order chi connectivity index (χ1) is 10.8. The highest BCUT2D eigenvalue weighted by Gasteiger charge is 2.19. The van der Waals surface area contributed by atoms with Crippen LogP contribution in [0.4, 0.5) is 0 Å². The Kier molecular flexibility index (Phi) is 4.01. The van der Waals surface area contributed by atoms with Gasteiger partial charge in [-0.05, 0) is 43.2 Å². The van der Waals surface area contributed by atoms with Gasteiger partial charge in [0.25, 0.3) is 5.91 Å². The van der Waals surface area contributed by atoms with E-state index in [1.54, 1.807) is 36.4 Å². The van der Waals surface area contributed by atoms with Crippen LogP contribution in [0.3, 0.4) is 0 Å². The predicted molar refractivity (Wildman–Crippen MR) is 80.6 cm³/mol. The summed E-state index contributed by atoms with van der Waals surface area (Å²) in [5.74, 6) is 1.09. The summed E-state index contributed by atoms with van der Waals surface area (Å²) in [7, 11) is 0. The van der Waals surface area contributed by atoms with Gasteiger partial charge in [0.1, 0.15) is 11.8 Å². The lowest BCUT2D eigenvalue weighted by molar-refractivity contribution is 0.0793. The summed E-state index contributed by atoms with van der Waals surface area (Å²) in [4.78, 5) is 18.1. The molecule has 0 spiro atoms. The normalized spacial score (nSPS) is 13.7. The van der Waals surface area contributed by atoms with Crippen LogP contribution in [0.15, 0.2) is 42.6 Å². The largest absolute Gasteiger partial charge is 0.439 e. The summed E-state index contributed by atoms with van der Waals surface area (Å²) >= 11 is 0. The number of nitriles is 1. The molecule has 1 amide bonds. The van der Waals surface area contributed by atoms with Gasteiger partial charge in [0, 0.05) is 30.9 Å². The molecule has 1 aliphatic heterocycles. The van der Waals surface area contributed by atoms with Gasteiger partial charge >= 0.3 is 0 Å². The third-order valence-electron chi connectivity index (χ3n) is 3.58. The van der Waals surface area contributed by atoms with Gasteiger partial charge in [-0.2, -0.15) is 5.26 Å². The lowest BCUT2D eigenvalue weighted by Crippen LogP contribution is -2.27. The number of carbonyl (C=O) groups is 1. The molecule has 0 aliphatic carbocycles. The number of aromatic nitrogens is 1. The molecule has 0 bridgehead atoms. The first-order valence-corrected chi connectivity index (χ1v) is 7.19. The summed E-state index contributed by atoms with van der Waals surface area (Å²) in [5, 5.41) is 8.72. The van der Waals surface area contributed by atoms with Gasteiger partial charge in [0.05, 0.1) is 5.56 Å². The van der Waals surface area contributed by atoms with Crippen molar-refractivity contribution >= 4 is 5.91 Å². The first-order valence-electron chi connectivity index (χ1n) is 7.19. The fourth-order valence-corrected chi connectivity index (χ4v) is 2.40. The molecule has 0 N–H and O–H groups in total.